The largest absolute Gasteiger partial charge is 0.383 e. The quantitative estimate of drug-likeness (QED) is 0.282. The second kappa shape index (κ2) is 11.9. The van der Waals surface area contributed by atoms with Crippen molar-refractivity contribution in [2.45, 2.75) is 23.7 Å². The van der Waals surface area contributed by atoms with Crippen molar-refractivity contribution in [3.8, 4) is 0 Å². The summed E-state index contributed by atoms with van der Waals surface area (Å²) in [4.78, 5) is 19.7. The van der Waals surface area contributed by atoms with Gasteiger partial charge in [-0.1, -0.05) is 35.9 Å². The number of likely N-dealkylation sites (tertiary alicyclic amines) is 1. The average Bonchev–Trinajstić information content (AvgIpc) is 3.40. The number of hydrogen-bond acceptors (Lipinski definition) is 7. The van der Waals surface area contributed by atoms with Crippen LogP contribution in [0.2, 0.25) is 5.02 Å². The van der Waals surface area contributed by atoms with Gasteiger partial charge in [0.25, 0.3) is 5.91 Å². The fraction of sp³-hybridized carbons (Fsp3) is 0.296. The highest BCUT2D eigenvalue weighted by atomic mass is 35.5. The van der Waals surface area contributed by atoms with E-state index in [1.54, 1.807) is 41.3 Å². The van der Waals surface area contributed by atoms with Crippen LogP contribution in [0.3, 0.4) is 0 Å². The van der Waals surface area contributed by atoms with Crippen molar-refractivity contribution in [3.05, 3.63) is 82.9 Å². The number of amides is 1. The first-order chi connectivity index (χ1) is 19.3. The molecule has 3 heterocycles. The number of sulfonamides is 1. The van der Waals surface area contributed by atoms with Gasteiger partial charge in [0.15, 0.2) is 5.65 Å². The van der Waals surface area contributed by atoms with Gasteiger partial charge in [0.1, 0.15) is 22.1 Å². The van der Waals surface area contributed by atoms with E-state index in [1.807, 2.05) is 0 Å². The monoisotopic (exact) mass is 586 g/mol. The Morgan fingerprint density at radius 2 is 1.85 bits per heavy atom. The van der Waals surface area contributed by atoms with E-state index in [2.05, 4.69) is 20.1 Å². The molecule has 4 aromatic rings. The van der Waals surface area contributed by atoms with Crippen LogP contribution in [0.15, 0.2) is 65.8 Å². The van der Waals surface area contributed by atoms with E-state index in [-0.39, 0.29) is 52.7 Å². The van der Waals surface area contributed by atoms with Crippen LogP contribution < -0.4 is 10.0 Å². The number of hydrogen-bond donors (Lipinski definition) is 2. The third-order valence-electron chi connectivity index (χ3n) is 6.86. The van der Waals surface area contributed by atoms with Crippen LogP contribution in [0.5, 0.6) is 0 Å². The fourth-order valence-corrected chi connectivity index (χ4v) is 6.00. The smallest absolute Gasteiger partial charge is 0.259 e. The number of piperidine rings is 1. The number of nitrogens with zero attached hydrogens (tertiary/aromatic N) is 4. The number of rotatable bonds is 9. The van der Waals surface area contributed by atoms with E-state index in [0.717, 1.165) is 18.4 Å². The minimum Gasteiger partial charge on any atom is -0.383 e. The SMILES string of the molecule is COCCNS(=O)(=O)c1cnn2c(Nc3ccccc3Cl)c(C(=O)N3CCC(c4ccc(F)cc4)CC3)cnc12. The zero-order valence-corrected chi connectivity index (χ0v) is 23.3. The summed E-state index contributed by atoms with van der Waals surface area (Å²) in [7, 11) is -2.48. The number of para-hydroxylation sites is 1. The Labute approximate surface area is 236 Å². The van der Waals surface area contributed by atoms with Crippen molar-refractivity contribution in [2.75, 3.05) is 38.7 Å². The minimum atomic E-state index is -3.95. The molecular formula is C27H28ClFN6O4S. The fourth-order valence-electron chi connectivity index (χ4n) is 4.74. The van der Waals surface area contributed by atoms with Crippen LogP contribution in [0.25, 0.3) is 5.65 Å². The van der Waals surface area contributed by atoms with Gasteiger partial charge in [0.2, 0.25) is 10.0 Å². The number of benzene rings is 2. The van der Waals surface area contributed by atoms with Crippen LogP contribution in [0.4, 0.5) is 15.9 Å². The molecule has 1 aliphatic rings. The van der Waals surface area contributed by atoms with Crippen molar-refractivity contribution in [1.29, 1.82) is 0 Å². The van der Waals surface area contributed by atoms with E-state index in [1.165, 1.54) is 36.2 Å². The number of aromatic nitrogens is 3. The molecule has 10 nitrogen and oxygen atoms in total. The number of halogens is 2. The lowest BCUT2D eigenvalue weighted by molar-refractivity contribution is 0.0713. The lowest BCUT2D eigenvalue weighted by Gasteiger charge is -2.32. The van der Waals surface area contributed by atoms with E-state index in [4.69, 9.17) is 16.3 Å². The van der Waals surface area contributed by atoms with Gasteiger partial charge in [0, 0.05) is 32.9 Å². The zero-order chi connectivity index (χ0) is 28.3. The zero-order valence-electron chi connectivity index (χ0n) is 21.7. The van der Waals surface area contributed by atoms with Gasteiger partial charge < -0.3 is 15.0 Å². The molecule has 13 heteroatoms. The molecule has 0 spiro atoms. The first-order valence-electron chi connectivity index (χ1n) is 12.7. The van der Waals surface area contributed by atoms with Gasteiger partial charge in [-0.3, -0.25) is 4.79 Å². The summed E-state index contributed by atoms with van der Waals surface area (Å²) < 4.78 is 47.9. The summed E-state index contributed by atoms with van der Waals surface area (Å²) in [6.07, 6.45) is 3.99. The number of anilines is 2. The molecule has 2 N–H and O–H groups in total. The molecule has 1 fully saturated rings. The highest BCUT2D eigenvalue weighted by Gasteiger charge is 2.29. The molecule has 0 aliphatic carbocycles. The Hall–Kier alpha value is -3.58. The number of fused-ring (bicyclic) bond motifs is 1. The molecule has 40 heavy (non-hydrogen) atoms. The van der Waals surface area contributed by atoms with Gasteiger partial charge in [-0.15, -0.1) is 0 Å². The number of nitrogens with one attached hydrogen (secondary N) is 2. The average molecular weight is 587 g/mol. The molecule has 5 rings (SSSR count). The lowest BCUT2D eigenvalue weighted by atomic mass is 9.89. The molecule has 2 aromatic carbocycles. The molecule has 0 saturated carbocycles. The number of carbonyl (C=O) groups excluding carboxylic acids is 1. The number of methoxy groups -OCH3 is 1. The summed E-state index contributed by atoms with van der Waals surface area (Å²) in [5.74, 6) is -0.102. The number of carbonyl (C=O) groups is 1. The molecule has 0 unspecified atom stereocenters. The van der Waals surface area contributed by atoms with Crippen LogP contribution in [-0.4, -0.2) is 67.2 Å². The van der Waals surface area contributed by atoms with Gasteiger partial charge in [-0.25, -0.2) is 22.5 Å². The lowest BCUT2D eigenvalue weighted by Crippen LogP contribution is -2.38. The van der Waals surface area contributed by atoms with Gasteiger partial charge in [-0.05, 0) is 48.6 Å². The van der Waals surface area contributed by atoms with Crippen molar-refractivity contribution < 1.29 is 22.3 Å². The van der Waals surface area contributed by atoms with E-state index < -0.39 is 10.0 Å². The second-order valence-electron chi connectivity index (χ2n) is 9.38. The van der Waals surface area contributed by atoms with E-state index >= 15 is 0 Å². The predicted molar refractivity (Wildman–Crippen MR) is 149 cm³/mol. The maximum Gasteiger partial charge on any atom is 0.259 e. The van der Waals surface area contributed by atoms with Crippen LogP contribution in [0, 0.1) is 5.82 Å². The molecule has 0 bridgehead atoms. The van der Waals surface area contributed by atoms with Crippen molar-refractivity contribution in [2.24, 2.45) is 0 Å². The molecule has 2 aromatic heterocycles. The predicted octanol–water partition coefficient (Wildman–Crippen LogP) is 4.21. The third-order valence-corrected chi connectivity index (χ3v) is 8.64. The molecule has 0 radical (unpaired) electrons. The molecule has 1 aliphatic heterocycles. The minimum absolute atomic E-state index is 0.0473. The van der Waals surface area contributed by atoms with E-state index in [0.29, 0.717) is 23.8 Å². The first kappa shape index (κ1) is 28.0. The Morgan fingerprint density at radius 1 is 1.12 bits per heavy atom. The Kier molecular flexibility index (Phi) is 8.31. The molecule has 0 atom stereocenters. The summed E-state index contributed by atoms with van der Waals surface area (Å²) >= 11 is 6.39. The first-order valence-corrected chi connectivity index (χ1v) is 14.6. The van der Waals surface area contributed by atoms with Gasteiger partial charge in [0.05, 0.1) is 23.5 Å². The Bertz CT molecular complexity index is 1620. The standard InChI is InChI=1S/C27H28ClFN6O4S/c1-39-15-12-32-40(37,38)24-17-31-35-25(33-23-5-3-2-4-22(23)28)21(16-30-26(24)35)27(36)34-13-10-19(11-14-34)18-6-8-20(29)9-7-18/h2-9,16-17,19,32-33H,10-15H2,1H3. The van der Waals surface area contributed by atoms with Crippen molar-refractivity contribution in [3.63, 3.8) is 0 Å². The van der Waals surface area contributed by atoms with Crippen LogP contribution >= 0.6 is 11.6 Å². The maximum absolute atomic E-state index is 13.8. The molecule has 210 valence electrons. The summed E-state index contributed by atoms with van der Waals surface area (Å²) in [6.45, 7) is 1.26. The maximum atomic E-state index is 13.8. The summed E-state index contributed by atoms with van der Waals surface area (Å²) in [5, 5.41) is 7.86. The van der Waals surface area contributed by atoms with Gasteiger partial charge >= 0.3 is 0 Å². The topological polar surface area (TPSA) is 118 Å². The van der Waals surface area contributed by atoms with Gasteiger partial charge in [-0.2, -0.15) is 9.61 Å². The highest BCUT2D eigenvalue weighted by molar-refractivity contribution is 7.89. The molecule has 1 saturated heterocycles. The number of ether oxygens (including phenoxy) is 1. The highest BCUT2D eigenvalue weighted by Crippen LogP contribution is 2.32. The third kappa shape index (κ3) is 5.80. The van der Waals surface area contributed by atoms with E-state index in [9.17, 15) is 17.6 Å². The summed E-state index contributed by atoms with van der Waals surface area (Å²) in [6, 6.07) is 13.5. The second-order valence-corrected chi connectivity index (χ2v) is 11.5. The molecular weight excluding hydrogens is 559 g/mol. The normalized spacial score (nSPS) is 14.5. The van der Waals surface area contributed by atoms with Crippen molar-refractivity contribution >= 4 is 44.7 Å². The van der Waals surface area contributed by atoms with Crippen LogP contribution in [0.1, 0.15) is 34.7 Å². The van der Waals surface area contributed by atoms with Crippen molar-refractivity contribution in [1.82, 2.24) is 24.2 Å². The Balaban J connectivity index is 1.47. The summed E-state index contributed by atoms with van der Waals surface area (Å²) in [5.41, 5.74) is 1.82. The Morgan fingerprint density at radius 3 is 2.55 bits per heavy atom. The van der Waals surface area contributed by atoms with Crippen LogP contribution in [-0.2, 0) is 14.8 Å². The molecule has 1 amide bonds.